The van der Waals surface area contributed by atoms with Gasteiger partial charge in [-0.05, 0) is 24.3 Å². The minimum absolute atomic E-state index is 0.261. The van der Waals surface area contributed by atoms with Gasteiger partial charge in [0.05, 0.1) is 18.4 Å². The van der Waals surface area contributed by atoms with Crippen LogP contribution in [-0.2, 0) is 10.9 Å². The lowest BCUT2D eigenvalue weighted by atomic mass is 10.1. The van der Waals surface area contributed by atoms with Crippen LogP contribution in [0.25, 0.3) is 11.3 Å². The van der Waals surface area contributed by atoms with Crippen LogP contribution in [0.15, 0.2) is 36.7 Å². The average Bonchev–Trinajstić information content (AvgIpc) is 2.46. The van der Waals surface area contributed by atoms with E-state index >= 15 is 0 Å². The molecular weight excluding hydrogens is 273 g/mol. The summed E-state index contributed by atoms with van der Waals surface area (Å²) in [5.74, 6) is -0.548. The normalized spacial score (nSPS) is 11.2. The molecule has 0 aliphatic carbocycles. The van der Waals surface area contributed by atoms with Gasteiger partial charge in [-0.1, -0.05) is 0 Å². The topological polar surface area (TPSA) is 52.1 Å². The number of alkyl halides is 3. The number of ether oxygens (including phenoxy) is 1. The molecule has 0 atom stereocenters. The largest absolute Gasteiger partial charge is 0.465 e. The molecule has 0 N–H and O–H groups in total. The van der Waals surface area contributed by atoms with E-state index < -0.39 is 17.8 Å². The maximum atomic E-state index is 12.4. The smallest absolute Gasteiger partial charge is 0.433 e. The maximum absolute atomic E-state index is 12.4. The van der Waals surface area contributed by atoms with E-state index in [2.05, 4.69) is 14.7 Å². The fourth-order valence-corrected chi connectivity index (χ4v) is 1.55. The van der Waals surface area contributed by atoms with Crippen molar-refractivity contribution in [3.63, 3.8) is 0 Å². The molecular formula is C13H9F3N2O2. The molecule has 104 valence electrons. The Morgan fingerprint density at radius 2 is 1.95 bits per heavy atom. The van der Waals surface area contributed by atoms with Crippen LogP contribution in [0, 0.1) is 0 Å². The molecule has 0 saturated heterocycles. The number of esters is 1. The summed E-state index contributed by atoms with van der Waals surface area (Å²) in [4.78, 5) is 18.7. The minimum atomic E-state index is -4.49. The van der Waals surface area contributed by atoms with Gasteiger partial charge in [0, 0.05) is 18.0 Å². The first-order valence-electron chi connectivity index (χ1n) is 5.50. The third-order valence-corrected chi connectivity index (χ3v) is 2.53. The highest BCUT2D eigenvalue weighted by Crippen LogP contribution is 2.28. The molecule has 2 rings (SSSR count). The first-order valence-corrected chi connectivity index (χ1v) is 5.50. The second-order valence-electron chi connectivity index (χ2n) is 3.85. The molecule has 20 heavy (non-hydrogen) atoms. The maximum Gasteiger partial charge on any atom is 0.433 e. The van der Waals surface area contributed by atoms with E-state index in [-0.39, 0.29) is 5.56 Å². The SMILES string of the molecule is COC(=O)c1ccnc(-c2ccc(C(F)(F)F)nc2)c1. The Bertz CT molecular complexity index is 624. The van der Waals surface area contributed by atoms with Crippen molar-refractivity contribution in [3.8, 4) is 11.3 Å². The Kier molecular flexibility index (Phi) is 3.69. The second-order valence-corrected chi connectivity index (χ2v) is 3.85. The highest BCUT2D eigenvalue weighted by Gasteiger charge is 2.32. The third-order valence-electron chi connectivity index (χ3n) is 2.53. The van der Waals surface area contributed by atoms with E-state index in [0.29, 0.717) is 11.3 Å². The van der Waals surface area contributed by atoms with Crippen LogP contribution in [0.3, 0.4) is 0 Å². The average molecular weight is 282 g/mol. The van der Waals surface area contributed by atoms with Gasteiger partial charge in [0.15, 0.2) is 0 Å². The molecule has 0 aromatic carbocycles. The number of halogens is 3. The van der Waals surface area contributed by atoms with Crippen molar-refractivity contribution < 1.29 is 22.7 Å². The lowest BCUT2D eigenvalue weighted by Crippen LogP contribution is -2.07. The van der Waals surface area contributed by atoms with Crippen LogP contribution in [0.1, 0.15) is 16.1 Å². The zero-order chi connectivity index (χ0) is 14.8. The van der Waals surface area contributed by atoms with Crippen molar-refractivity contribution in [2.45, 2.75) is 6.18 Å². The highest BCUT2D eigenvalue weighted by molar-refractivity contribution is 5.90. The number of hydrogen-bond donors (Lipinski definition) is 0. The van der Waals surface area contributed by atoms with Crippen LogP contribution >= 0.6 is 0 Å². The van der Waals surface area contributed by atoms with Crippen molar-refractivity contribution in [3.05, 3.63) is 47.9 Å². The molecule has 0 fully saturated rings. The molecule has 7 heteroatoms. The number of carbonyl (C=O) groups is 1. The molecule has 2 aromatic rings. The fraction of sp³-hybridized carbons (Fsp3) is 0.154. The predicted molar refractivity (Wildman–Crippen MR) is 63.8 cm³/mol. The Labute approximate surface area is 112 Å². The second kappa shape index (κ2) is 5.28. The van der Waals surface area contributed by atoms with Gasteiger partial charge in [-0.2, -0.15) is 13.2 Å². The number of pyridine rings is 2. The molecule has 0 amide bonds. The molecule has 0 aliphatic rings. The third kappa shape index (κ3) is 2.93. The molecule has 0 saturated carbocycles. The molecule has 0 radical (unpaired) electrons. The van der Waals surface area contributed by atoms with E-state index in [9.17, 15) is 18.0 Å². The van der Waals surface area contributed by atoms with Crippen molar-refractivity contribution in [2.75, 3.05) is 7.11 Å². The van der Waals surface area contributed by atoms with Gasteiger partial charge in [0.1, 0.15) is 5.69 Å². The predicted octanol–water partition coefficient (Wildman–Crippen LogP) is 2.95. The summed E-state index contributed by atoms with van der Waals surface area (Å²) >= 11 is 0. The Balaban J connectivity index is 2.35. The highest BCUT2D eigenvalue weighted by atomic mass is 19.4. The van der Waals surface area contributed by atoms with Gasteiger partial charge >= 0.3 is 12.1 Å². The van der Waals surface area contributed by atoms with Gasteiger partial charge in [0.25, 0.3) is 0 Å². The van der Waals surface area contributed by atoms with Crippen LogP contribution in [0.4, 0.5) is 13.2 Å². The lowest BCUT2D eigenvalue weighted by molar-refractivity contribution is -0.141. The van der Waals surface area contributed by atoms with Crippen molar-refractivity contribution >= 4 is 5.97 Å². The summed E-state index contributed by atoms with van der Waals surface area (Å²) in [6, 6.07) is 4.99. The quantitative estimate of drug-likeness (QED) is 0.795. The van der Waals surface area contributed by atoms with E-state index in [4.69, 9.17) is 0 Å². The van der Waals surface area contributed by atoms with Gasteiger partial charge < -0.3 is 4.74 Å². The summed E-state index contributed by atoms with van der Waals surface area (Å²) < 4.78 is 41.8. The van der Waals surface area contributed by atoms with Gasteiger partial charge in [-0.3, -0.25) is 9.97 Å². The van der Waals surface area contributed by atoms with Gasteiger partial charge in [-0.15, -0.1) is 0 Å². The van der Waals surface area contributed by atoms with E-state index in [1.807, 2.05) is 0 Å². The van der Waals surface area contributed by atoms with E-state index in [1.165, 1.54) is 31.5 Å². The summed E-state index contributed by atoms with van der Waals surface area (Å²) in [5, 5.41) is 0. The molecule has 0 bridgehead atoms. The zero-order valence-corrected chi connectivity index (χ0v) is 10.3. The summed E-state index contributed by atoms with van der Waals surface area (Å²) in [5.41, 5.74) is 0.000600. The van der Waals surface area contributed by atoms with Crippen LogP contribution in [0.2, 0.25) is 0 Å². The van der Waals surface area contributed by atoms with Gasteiger partial charge in [-0.25, -0.2) is 4.79 Å². The number of carbonyl (C=O) groups excluding carboxylic acids is 1. The van der Waals surface area contributed by atoms with Crippen LogP contribution < -0.4 is 0 Å². The van der Waals surface area contributed by atoms with Crippen molar-refractivity contribution in [2.24, 2.45) is 0 Å². The number of methoxy groups -OCH3 is 1. The number of nitrogens with zero attached hydrogens (tertiary/aromatic N) is 2. The first-order chi connectivity index (χ1) is 9.41. The number of aromatic nitrogens is 2. The first kappa shape index (κ1) is 14.0. The fourth-order valence-electron chi connectivity index (χ4n) is 1.55. The monoisotopic (exact) mass is 282 g/mol. The molecule has 0 spiro atoms. The zero-order valence-electron chi connectivity index (χ0n) is 10.3. The molecule has 2 heterocycles. The lowest BCUT2D eigenvalue weighted by Gasteiger charge is -2.07. The standard InChI is InChI=1S/C13H9F3N2O2/c1-20-12(19)8-4-5-17-10(6-8)9-2-3-11(18-7-9)13(14,15)16/h2-7H,1H3. The van der Waals surface area contributed by atoms with E-state index in [0.717, 1.165) is 12.3 Å². The van der Waals surface area contributed by atoms with Crippen LogP contribution in [-0.4, -0.2) is 23.0 Å². The summed E-state index contributed by atoms with van der Waals surface area (Å²) in [6.07, 6.45) is -2.05. The van der Waals surface area contributed by atoms with Crippen molar-refractivity contribution in [1.29, 1.82) is 0 Å². The Morgan fingerprint density at radius 1 is 1.20 bits per heavy atom. The Morgan fingerprint density at radius 3 is 2.50 bits per heavy atom. The molecule has 0 aliphatic heterocycles. The number of hydrogen-bond acceptors (Lipinski definition) is 4. The van der Waals surface area contributed by atoms with E-state index in [1.54, 1.807) is 0 Å². The molecule has 4 nitrogen and oxygen atoms in total. The summed E-state index contributed by atoms with van der Waals surface area (Å²) in [7, 11) is 1.24. The molecule has 2 aromatic heterocycles. The molecule has 0 unspecified atom stereocenters. The van der Waals surface area contributed by atoms with Crippen molar-refractivity contribution in [1.82, 2.24) is 9.97 Å². The Hall–Kier alpha value is -2.44. The number of rotatable bonds is 2. The summed E-state index contributed by atoms with van der Waals surface area (Å²) in [6.45, 7) is 0. The van der Waals surface area contributed by atoms with Crippen LogP contribution in [0.5, 0.6) is 0 Å². The van der Waals surface area contributed by atoms with Gasteiger partial charge in [0.2, 0.25) is 0 Å². The minimum Gasteiger partial charge on any atom is -0.465 e.